The molecule has 5 heteroatoms. The summed E-state index contributed by atoms with van der Waals surface area (Å²) in [6.45, 7) is 3.75. The highest BCUT2D eigenvalue weighted by molar-refractivity contribution is 5.96. The molecule has 1 fully saturated rings. The fraction of sp³-hybridized carbons (Fsp3) is 0.750. The minimum absolute atomic E-state index is 0.0778. The molecule has 0 aromatic carbocycles. The van der Waals surface area contributed by atoms with Gasteiger partial charge in [-0.2, -0.15) is 0 Å². The predicted molar refractivity (Wildman–Crippen MR) is 48.0 cm³/mol. The van der Waals surface area contributed by atoms with E-state index in [1.165, 1.54) is 0 Å². The van der Waals surface area contributed by atoms with Crippen molar-refractivity contribution >= 4 is 11.9 Å². The highest BCUT2D eigenvalue weighted by Crippen LogP contribution is 2.34. The summed E-state index contributed by atoms with van der Waals surface area (Å²) < 4.78 is 0. The first-order valence-electron chi connectivity index (χ1n) is 4.31. The predicted octanol–water partition coefficient (Wildman–Crippen LogP) is -0.288. The monoisotopic (exact) mass is 185 g/mol. The quantitative estimate of drug-likeness (QED) is 0.565. The first kappa shape index (κ1) is 9.98. The Kier molecular flexibility index (Phi) is 2.56. The second-order valence-electron chi connectivity index (χ2n) is 3.78. The summed E-state index contributed by atoms with van der Waals surface area (Å²) in [5, 5.41) is 5.15. The van der Waals surface area contributed by atoms with Crippen molar-refractivity contribution in [2.45, 2.75) is 38.3 Å². The maximum atomic E-state index is 11.2. The van der Waals surface area contributed by atoms with Crippen LogP contribution in [0.25, 0.3) is 0 Å². The number of hydrogen-bond donors (Lipinski definition) is 3. The van der Waals surface area contributed by atoms with Crippen molar-refractivity contribution in [2.24, 2.45) is 5.73 Å². The summed E-state index contributed by atoms with van der Waals surface area (Å²) in [4.78, 5) is 21.5. The van der Waals surface area contributed by atoms with Gasteiger partial charge in [-0.05, 0) is 26.7 Å². The van der Waals surface area contributed by atoms with Crippen LogP contribution < -0.4 is 16.4 Å². The molecular weight excluding hydrogens is 170 g/mol. The summed E-state index contributed by atoms with van der Waals surface area (Å²) in [5.41, 5.74) is 4.89. The Morgan fingerprint density at radius 3 is 2.38 bits per heavy atom. The van der Waals surface area contributed by atoms with E-state index in [9.17, 15) is 9.59 Å². The van der Waals surface area contributed by atoms with E-state index in [1.54, 1.807) is 6.92 Å². The van der Waals surface area contributed by atoms with E-state index in [-0.39, 0.29) is 17.5 Å². The van der Waals surface area contributed by atoms with Crippen LogP contribution in [-0.2, 0) is 4.79 Å². The largest absolute Gasteiger partial charge is 0.351 e. The Balaban J connectivity index is 2.34. The van der Waals surface area contributed by atoms with Crippen LogP contribution in [-0.4, -0.2) is 23.5 Å². The van der Waals surface area contributed by atoms with Gasteiger partial charge < -0.3 is 11.1 Å². The van der Waals surface area contributed by atoms with E-state index < -0.39 is 6.03 Å². The van der Waals surface area contributed by atoms with Crippen molar-refractivity contribution in [3.05, 3.63) is 0 Å². The fourth-order valence-electron chi connectivity index (χ4n) is 1.15. The molecule has 3 amide bonds. The van der Waals surface area contributed by atoms with Gasteiger partial charge in [0.25, 0.3) is 0 Å². The Hall–Kier alpha value is -1.10. The first-order chi connectivity index (χ1) is 5.93. The summed E-state index contributed by atoms with van der Waals surface area (Å²) in [6.07, 6.45) is 2.14. The van der Waals surface area contributed by atoms with Crippen LogP contribution in [0.15, 0.2) is 0 Å². The number of imide groups is 1. The molecule has 0 radical (unpaired) electrons. The van der Waals surface area contributed by atoms with E-state index >= 15 is 0 Å². The van der Waals surface area contributed by atoms with E-state index in [0.717, 1.165) is 12.8 Å². The van der Waals surface area contributed by atoms with Crippen LogP contribution in [0.4, 0.5) is 4.79 Å². The van der Waals surface area contributed by atoms with Crippen molar-refractivity contribution in [1.29, 1.82) is 0 Å². The van der Waals surface area contributed by atoms with Gasteiger partial charge in [0.1, 0.15) is 0 Å². The van der Waals surface area contributed by atoms with Crippen LogP contribution in [0.5, 0.6) is 0 Å². The molecule has 1 unspecified atom stereocenters. The number of primary amides is 1. The third-order valence-corrected chi connectivity index (χ3v) is 2.20. The van der Waals surface area contributed by atoms with Crippen molar-refractivity contribution in [1.82, 2.24) is 10.6 Å². The number of carbonyl (C=O) groups is 2. The minimum Gasteiger partial charge on any atom is -0.351 e. The van der Waals surface area contributed by atoms with E-state index in [0.29, 0.717) is 0 Å². The second-order valence-corrected chi connectivity index (χ2v) is 3.78. The Morgan fingerprint density at radius 2 is 2.00 bits per heavy atom. The minimum atomic E-state index is -0.806. The topological polar surface area (TPSA) is 84.2 Å². The maximum absolute atomic E-state index is 11.2. The van der Waals surface area contributed by atoms with Crippen molar-refractivity contribution in [2.75, 3.05) is 0 Å². The molecule has 1 aliphatic carbocycles. The SMILES string of the molecule is CC(NC1(C)CC1)C(=O)NC(N)=O. The van der Waals surface area contributed by atoms with Gasteiger partial charge in [-0.15, -0.1) is 0 Å². The third-order valence-electron chi connectivity index (χ3n) is 2.20. The van der Waals surface area contributed by atoms with Crippen molar-refractivity contribution < 1.29 is 9.59 Å². The molecule has 1 atom stereocenters. The van der Waals surface area contributed by atoms with Gasteiger partial charge in [-0.25, -0.2) is 4.79 Å². The number of urea groups is 1. The summed E-state index contributed by atoms with van der Waals surface area (Å²) >= 11 is 0. The fourth-order valence-corrected chi connectivity index (χ4v) is 1.15. The lowest BCUT2D eigenvalue weighted by atomic mass is 10.2. The van der Waals surface area contributed by atoms with Gasteiger partial charge in [0, 0.05) is 5.54 Å². The lowest BCUT2D eigenvalue weighted by Crippen LogP contribution is -2.49. The number of hydrogen-bond acceptors (Lipinski definition) is 3. The van der Waals surface area contributed by atoms with Gasteiger partial charge in [0.2, 0.25) is 5.91 Å². The number of nitrogens with two attached hydrogens (primary N) is 1. The molecule has 5 nitrogen and oxygen atoms in total. The summed E-state index contributed by atoms with van der Waals surface area (Å²) in [7, 11) is 0. The van der Waals surface area contributed by atoms with Gasteiger partial charge in [0.05, 0.1) is 6.04 Å². The van der Waals surface area contributed by atoms with E-state index in [4.69, 9.17) is 5.73 Å². The normalized spacial score (nSPS) is 20.5. The molecule has 1 rings (SSSR count). The van der Waals surface area contributed by atoms with E-state index in [2.05, 4.69) is 5.32 Å². The van der Waals surface area contributed by atoms with Crippen LogP contribution >= 0.6 is 0 Å². The zero-order valence-electron chi connectivity index (χ0n) is 7.89. The number of rotatable bonds is 3. The van der Waals surface area contributed by atoms with Crippen LogP contribution in [0.3, 0.4) is 0 Å². The molecule has 0 bridgehead atoms. The maximum Gasteiger partial charge on any atom is 0.318 e. The van der Waals surface area contributed by atoms with Gasteiger partial charge in [-0.3, -0.25) is 10.1 Å². The highest BCUT2D eigenvalue weighted by atomic mass is 16.2. The van der Waals surface area contributed by atoms with Gasteiger partial charge >= 0.3 is 6.03 Å². The molecule has 4 N–H and O–H groups in total. The Morgan fingerprint density at radius 1 is 1.46 bits per heavy atom. The number of amides is 3. The van der Waals surface area contributed by atoms with Crippen molar-refractivity contribution in [3.8, 4) is 0 Å². The van der Waals surface area contributed by atoms with Gasteiger partial charge in [-0.1, -0.05) is 0 Å². The average molecular weight is 185 g/mol. The van der Waals surface area contributed by atoms with Crippen LogP contribution in [0.2, 0.25) is 0 Å². The highest BCUT2D eigenvalue weighted by Gasteiger charge is 2.39. The molecule has 13 heavy (non-hydrogen) atoms. The number of nitrogens with one attached hydrogen (secondary N) is 2. The summed E-state index contributed by atoms with van der Waals surface area (Å²) in [5.74, 6) is -0.374. The average Bonchev–Trinajstić information content (AvgIpc) is 2.66. The summed E-state index contributed by atoms with van der Waals surface area (Å²) in [6, 6.07) is -1.18. The molecule has 0 saturated heterocycles. The lowest BCUT2D eigenvalue weighted by molar-refractivity contribution is -0.121. The molecule has 74 valence electrons. The Bertz CT molecular complexity index is 236. The van der Waals surface area contributed by atoms with Gasteiger partial charge in [0.15, 0.2) is 0 Å². The zero-order chi connectivity index (χ0) is 10.1. The molecule has 0 heterocycles. The van der Waals surface area contributed by atoms with Crippen LogP contribution in [0, 0.1) is 0 Å². The number of carbonyl (C=O) groups excluding carboxylic acids is 2. The third kappa shape index (κ3) is 3.02. The molecule has 0 aromatic rings. The lowest BCUT2D eigenvalue weighted by Gasteiger charge is -2.17. The molecule has 1 aliphatic rings. The molecular formula is C8H15N3O2. The van der Waals surface area contributed by atoms with Crippen LogP contribution in [0.1, 0.15) is 26.7 Å². The second kappa shape index (κ2) is 3.33. The van der Waals surface area contributed by atoms with Crippen molar-refractivity contribution in [3.63, 3.8) is 0 Å². The van der Waals surface area contributed by atoms with E-state index in [1.807, 2.05) is 12.2 Å². The standard InChI is InChI=1S/C8H15N3O2/c1-5(6(12)10-7(9)13)11-8(2)3-4-8/h5,11H,3-4H2,1-2H3,(H3,9,10,12,13). The molecule has 0 aromatic heterocycles. The molecule has 0 aliphatic heterocycles. The molecule has 1 saturated carbocycles. The Labute approximate surface area is 77.1 Å². The molecule has 0 spiro atoms. The zero-order valence-corrected chi connectivity index (χ0v) is 7.89. The first-order valence-corrected chi connectivity index (χ1v) is 4.31. The smallest absolute Gasteiger partial charge is 0.318 e.